The molecule has 31 nitrogen and oxygen atoms in total. The number of aliphatic carboxylic acids is 5. The molecule has 0 saturated heterocycles. The van der Waals surface area contributed by atoms with Gasteiger partial charge in [-0.05, 0) is 168 Å². The normalized spacial score (nSPS) is 12.3. The largest absolute Gasteiger partial charge is 0.497 e. The van der Waals surface area contributed by atoms with E-state index in [9.17, 15) is 68.4 Å². The van der Waals surface area contributed by atoms with Gasteiger partial charge in [0.25, 0.3) is 17.7 Å². The van der Waals surface area contributed by atoms with Crippen molar-refractivity contribution in [2.24, 2.45) is 28.7 Å². The topological polar surface area (TPSA) is 541 Å². The number of amides is 3. The summed E-state index contributed by atoms with van der Waals surface area (Å²) in [6.45, 7) is 4.09. The van der Waals surface area contributed by atoms with Gasteiger partial charge in [0, 0.05) is 70.5 Å². The molecule has 5 atom stereocenters. The smallest absolute Gasteiger partial charge is 0.416 e. The Morgan fingerprint density at radius 2 is 0.694 bits per heavy atom. The lowest BCUT2D eigenvalue weighted by molar-refractivity contribution is -0.139. The van der Waals surface area contributed by atoms with E-state index >= 15 is 0 Å². The first-order chi connectivity index (χ1) is 58.4. The van der Waals surface area contributed by atoms with Gasteiger partial charge in [-0.2, -0.15) is 13.2 Å². The lowest BCUT2D eigenvalue weighted by Crippen LogP contribution is -2.32. The molecule has 0 unspecified atom stereocenters. The predicted octanol–water partition coefficient (Wildman–Crippen LogP) is 9.55. The number of methoxy groups -OCH3 is 2. The highest BCUT2D eigenvalue weighted by Crippen LogP contribution is 2.30. The average molecular weight is 1810 g/mol. The van der Waals surface area contributed by atoms with Crippen LogP contribution in [0.1, 0.15) is 104 Å². The summed E-state index contributed by atoms with van der Waals surface area (Å²) in [6.07, 6.45) is -3.41. The number of rotatable bonds is 34. The molecule has 0 radical (unpaired) electrons. The fraction of sp³-hybridized carbons (Fsp3) is 0.235. The Morgan fingerprint density at radius 1 is 0.395 bits per heavy atom. The number of hydrogen-bond acceptors (Lipinski definition) is 21. The van der Waals surface area contributed by atoms with E-state index in [0.717, 1.165) is 62.2 Å². The summed E-state index contributed by atoms with van der Waals surface area (Å²) in [5, 5.41) is 56.8. The fourth-order valence-corrected chi connectivity index (χ4v) is 14.3. The summed E-state index contributed by atoms with van der Waals surface area (Å²) in [4.78, 5) is 90.1. The number of aryl methyl sites for hydroxylation is 2. The molecule has 1 heterocycles. The Balaban J connectivity index is 0.000000240. The number of alkyl halides is 3. The zero-order valence-electron chi connectivity index (χ0n) is 66.9. The van der Waals surface area contributed by atoms with Crippen LogP contribution in [0.25, 0.3) is 0 Å². The molecule has 0 aliphatic rings. The highest BCUT2D eigenvalue weighted by atomic mass is 35.5. The van der Waals surface area contributed by atoms with E-state index < -0.39 is 97.7 Å². The van der Waals surface area contributed by atoms with Crippen LogP contribution < -0.4 is 63.5 Å². The quantitative estimate of drug-likeness (QED) is 0.0178. The number of nitrogens with zero attached hydrogens (tertiary/aromatic N) is 1. The van der Waals surface area contributed by atoms with Crippen LogP contribution in [-0.2, 0) is 115 Å². The van der Waals surface area contributed by atoms with Crippen molar-refractivity contribution in [2.75, 3.05) is 14.2 Å². The Labute approximate surface area is 726 Å². The van der Waals surface area contributed by atoms with E-state index in [1.54, 1.807) is 134 Å². The Kier molecular flexibility index (Phi) is 39.0. The van der Waals surface area contributed by atoms with Crippen LogP contribution in [0.15, 0.2) is 221 Å². The molecule has 10 aromatic rings. The van der Waals surface area contributed by atoms with Crippen LogP contribution in [0, 0.1) is 13.8 Å². The van der Waals surface area contributed by atoms with Gasteiger partial charge in [-0.25, -0.2) is 26.3 Å². The van der Waals surface area contributed by atoms with Gasteiger partial charge < -0.3 is 84.1 Å². The van der Waals surface area contributed by atoms with Gasteiger partial charge in [0.05, 0.1) is 24.7 Å². The predicted molar refractivity (Wildman–Crippen MR) is 455 cm³/mol. The zero-order valence-corrected chi connectivity index (χ0v) is 70.8. The summed E-state index contributed by atoms with van der Waals surface area (Å²) in [6, 6.07) is 50.2. The van der Waals surface area contributed by atoms with Crippen LogP contribution >= 0.6 is 34.8 Å². The molecule has 9 aromatic carbocycles. The molecule has 0 aliphatic heterocycles. The van der Waals surface area contributed by atoms with E-state index in [4.69, 9.17) is 103 Å². The number of sulfonamides is 2. The third-order valence-corrected chi connectivity index (χ3v) is 21.5. The third kappa shape index (κ3) is 33.9. The van der Waals surface area contributed by atoms with E-state index in [-0.39, 0.29) is 94.7 Å². The van der Waals surface area contributed by atoms with Crippen LogP contribution in [-0.4, -0.2) is 140 Å². The fourth-order valence-electron chi connectivity index (χ4n) is 11.0. The summed E-state index contributed by atoms with van der Waals surface area (Å²) in [5.41, 5.74) is 35.6. The van der Waals surface area contributed by atoms with E-state index in [0.29, 0.717) is 52.0 Å². The molecule has 0 saturated carbocycles. The number of nitrogens with two attached hydrogens (primary N) is 5. The molecule has 1 aromatic heterocycles. The molecule has 10 rings (SSSR count). The van der Waals surface area contributed by atoms with Crippen molar-refractivity contribution < 1.29 is 108 Å². The molecule has 0 fully saturated rings. The molecule has 0 aliphatic carbocycles. The van der Waals surface area contributed by atoms with Crippen LogP contribution in [0.5, 0.6) is 11.5 Å². The van der Waals surface area contributed by atoms with E-state index in [2.05, 4.69) is 30.6 Å². The molecule has 0 spiro atoms. The lowest BCUT2D eigenvalue weighted by Gasteiger charge is -2.10. The third-order valence-electron chi connectivity index (χ3n) is 17.8. The molecule has 3 amide bonds. The second-order valence-electron chi connectivity index (χ2n) is 27.5. The molecular weight excluding hydrogens is 1720 g/mol. The lowest BCUT2D eigenvalue weighted by atomic mass is 10.0. The first kappa shape index (κ1) is 101. The molecule has 20 N–H and O–H groups in total. The van der Waals surface area contributed by atoms with Crippen molar-refractivity contribution >= 4 is 102 Å². The van der Waals surface area contributed by atoms with E-state index in [1.165, 1.54) is 51.5 Å². The van der Waals surface area contributed by atoms with E-state index in [1.807, 2.05) is 36.4 Å². The van der Waals surface area contributed by atoms with Gasteiger partial charge >= 0.3 is 36.0 Å². The van der Waals surface area contributed by atoms with Crippen molar-refractivity contribution in [3.05, 3.63) is 311 Å². The van der Waals surface area contributed by atoms with Crippen LogP contribution in [0.3, 0.4) is 0 Å². The minimum absolute atomic E-state index is 0.0194. The number of hydrogen-bond donors (Lipinski definition) is 15. The Bertz CT molecular complexity index is 5490. The number of aromatic nitrogens is 1. The van der Waals surface area contributed by atoms with Crippen molar-refractivity contribution in [2.45, 2.75) is 125 Å². The van der Waals surface area contributed by atoms with Crippen molar-refractivity contribution in [1.82, 2.24) is 30.6 Å². The number of carboxylic acid groups (broad SMARTS) is 5. The van der Waals surface area contributed by atoms with Crippen molar-refractivity contribution in [3.8, 4) is 11.5 Å². The Hall–Kier alpha value is -12.2. The van der Waals surface area contributed by atoms with Gasteiger partial charge in [0.1, 0.15) is 52.3 Å². The molecule has 660 valence electrons. The van der Waals surface area contributed by atoms with Crippen LogP contribution in [0.4, 0.5) is 13.2 Å². The summed E-state index contributed by atoms with van der Waals surface area (Å²) in [5.74, 6) is -5.05. The number of halogens is 6. The number of benzene rings is 9. The maximum absolute atomic E-state index is 12.7. The molecule has 0 bridgehead atoms. The number of nitrogens with one attached hydrogen (secondary N) is 5. The highest BCUT2D eigenvalue weighted by molar-refractivity contribution is 7.89. The number of carbonyl (C=O) groups excluding carboxylic acids is 3. The standard InChI is InChI=1S/C19H22N2O5.C18H17F3N2O3.C17H17ClN2O3.C16H16Cl2N2O4S.C15H19N3O5S/c1-25-15-8-14(9-16(10-15)26-2)18(22)21-11-13-5-3-12(4-6-13)7-17(20)19(23)24;19-18(20,21)14-3-1-2-13(9-14)16(24)23-10-12-6-4-11(5-7-12)8-15(22)17(25)26;18-14-3-1-2-13(9-14)16(21)20-10-12-6-4-11(5-7-12)8-15(19)17(22)23;17-12-6-13(18)8-14(7-12)25(23,24)20-9-11-3-1-10(2-4-11)5-15(19)16(21)22;1-9-14(10(2)23-18-9)24(21,22)17-8-12-5-3-11(4-6-12)7-13(16)15(19)20/h3-6,8-10,17H,7,11,20H2,1-2H3,(H,21,22)(H,23,24);1-7,9,15H,8,10,22H2,(H,23,24)(H,25,26);1-7,9,15H,8,10,19H2,(H,20,21)(H,22,23);1-4,6-8,15,20H,5,9,19H2,(H,21,22);3-6,13,17H,7-8,16H2,1-2H3,(H,19,20)/t17-;3*15-;13-/m00000/s1. The molecule has 39 heteroatoms. The summed E-state index contributed by atoms with van der Waals surface area (Å²) in [7, 11) is -4.44. The zero-order chi connectivity index (χ0) is 91.8. The van der Waals surface area contributed by atoms with Gasteiger partial charge in [-0.3, -0.25) is 38.4 Å². The van der Waals surface area contributed by atoms with Crippen LogP contribution in [0.2, 0.25) is 15.1 Å². The van der Waals surface area contributed by atoms with Crippen molar-refractivity contribution in [1.29, 1.82) is 0 Å². The highest BCUT2D eigenvalue weighted by Gasteiger charge is 2.31. The SMILES string of the molecule is COc1cc(OC)cc(C(=O)NCc2ccc(C[C@H](N)C(=O)O)cc2)c1.Cc1noc(C)c1S(=O)(=O)NCc1ccc(C[C@H](N)C(=O)O)cc1.N[C@@H](Cc1ccc(CNC(=O)c2cccc(C(F)(F)F)c2)cc1)C(=O)O.N[C@@H](Cc1ccc(CNC(=O)c2cccc(Cl)c2)cc1)C(=O)O.N[C@@H](Cc1ccc(CNS(=O)(=O)c2cc(Cl)cc(Cl)c2)cc1)C(=O)O. The minimum atomic E-state index is -4.51. The first-order valence-electron chi connectivity index (χ1n) is 37.1. The second kappa shape index (κ2) is 48.0. The van der Waals surface area contributed by atoms with Gasteiger partial charge in [-0.15, -0.1) is 0 Å². The monoisotopic (exact) mass is 1810 g/mol. The molecule has 124 heavy (non-hydrogen) atoms. The minimum Gasteiger partial charge on any atom is -0.497 e. The maximum Gasteiger partial charge on any atom is 0.416 e. The van der Waals surface area contributed by atoms with Crippen molar-refractivity contribution in [3.63, 3.8) is 0 Å². The second-order valence-corrected chi connectivity index (χ2v) is 32.3. The first-order valence-corrected chi connectivity index (χ1v) is 41.2. The van der Waals surface area contributed by atoms with Gasteiger partial charge in [0.15, 0.2) is 5.76 Å². The van der Waals surface area contributed by atoms with Gasteiger partial charge in [-0.1, -0.05) is 173 Å². The number of carboxylic acids is 5. The maximum atomic E-state index is 12.7. The molecular formula is C85H91Cl3F3N11O20S2. The number of carbonyl (C=O) groups is 8. The van der Waals surface area contributed by atoms with Gasteiger partial charge in [0.2, 0.25) is 20.0 Å². The number of ether oxygens (including phenoxy) is 2. The Morgan fingerprint density at radius 3 is 0.992 bits per heavy atom. The summed E-state index contributed by atoms with van der Waals surface area (Å²) >= 11 is 17.5. The average Bonchev–Trinajstić information content (AvgIpc) is 1.71. The summed E-state index contributed by atoms with van der Waals surface area (Å²) < 4.78 is 107.